The van der Waals surface area contributed by atoms with Gasteiger partial charge in [0, 0.05) is 18.5 Å². The van der Waals surface area contributed by atoms with Gasteiger partial charge >= 0.3 is 0 Å². The molecule has 1 saturated heterocycles. The van der Waals surface area contributed by atoms with Gasteiger partial charge in [0.1, 0.15) is 5.69 Å². The van der Waals surface area contributed by atoms with E-state index in [1.165, 1.54) is 12.0 Å². The number of carbonyl (C=O) groups is 1. The van der Waals surface area contributed by atoms with Gasteiger partial charge in [-0.15, -0.1) is 0 Å². The first-order valence-electron chi connectivity index (χ1n) is 8.72. The SMILES string of the molecule is O=C(Nc1cnn(C[C@H]2CCCO2)c1)c1ccc2c(n1)CCCC2. The Bertz CT molecular complexity index is 734. The van der Waals surface area contributed by atoms with Gasteiger partial charge in [-0.3, -0.25) is 9.48 Å². The zero-order chi connectivity index (χ0) is 16.4. The Labute approximate surface area is 141 Å². The highest BCUT2D eigenvalue weighted by atomic mass is 16.5. The number of aryl methyl sites for hydroxylation is 2. The Hall–Kier alpha value is -2.21. The van der Waals surface area contributed by atoms with E-state index in [1.54, 1.807) is 6.20 Å². The summed E-state index contributed by atoms with van der Waals surface area (Å²) >= 11 is 0. The normalized spacial score (nSPS) is 19.9. The molecule has 0 spiro atoms. The van der Waals surface area contributed by atoms with Gasteiger partial charge in [0.15, 0.2) is 0 Å². The van der Waals surface area contributed by atoms with Crippen LogP contribution in [0.5, 0.6) is 0 Å². The third-order valence-electron chi connectivity index (χ3n) is 4.72. The Morgan fingerprint density at radius 3 is 3.08 bits per heavy atom. The zero-order valence-electron chi connectivity index (χ0n) is 13.7. The lowest BCUT2D eigenvalue weighted by Gasteiger charge is -2.15. The number of hydrogen-bond acceptors (Lipinski definition) is 4. The van der Waals surface area contributed by atoms with Gasteiger partial charge in [0.25, 0.3) is 5.91 Å². The third-order valence-corrected chi connectivity index (χ3v) is 4.72. The fourth-order valence-electron chi connectivity index (χ4n) is 3.43. The Morgan fingerprint density at radius 2 is 2.21 bits per heavy atom. The molecule has 1 aliphatic carbocycles. The van der Waals surface area contributed by atoms with E-state index in [9.17, 15) is 4.79 Å². The van der Waals surface area contributed by atoms with Gasteiger partial charge in [-0.1, -0.05) is 6.07 Å². The van der Waals surface area contributed by atoms with Gasteiger partial charge in [0.05, 0.1) is 24.5 Å². The highest BCUT2D eigenvalue weighted by Gasteiger charge is 2.18. The van der Waals surface area contributed by atoms with Crippen LogP contribution in [0.3, 0.4) is 0 Å². The molecule has 1 aliphatic heterocycles. The van der Waals surface area contributed by atoms with Crippen molar-refractivity contribution >= 4 is 11.6 Å². The smallest absolute Gasteiger partial charge is 0.274 e. The molecule has 0 bridgehead atoms. The minimum Gasteiger partial charge on any atom is -0.376 e. The van der Waals surface area contributed by atoms with Crippen molar-refractivity contribution in [1.82, 2.24) is 14.8 Å². The van der Waals surface area contributed by atoms with Crippen molar-refractivity contribution in [2.24, 2.45) is 0 Å². The molecule has 2 aromatic heterocycles. The molecular weight excluding hydrogens is 304 g/mol. The predicted molar refractivity (Wildman–Crippen MR) is 90.0 cm³/mol. The monoisotopic (exact) mass is 326 g/mol. The first-order valence-corrected chi connectivity index (χ1v) is 8.72. The van der Waals surface area contributed by atoms with E-state index in [0.717, 1.165) is 50.9 Å². The van der Waals surface area contributed by atoms with Crippen LogP contribution in [0, 0.1) is 0 Å². The molecule has 3 heterocycles. The van der Waals surface area contributed by atoms with Crippen molar-refractivity contribution in [2.75, 3.05) is 11.9 Å². The Balaban J connectivity index is 1.41. The second kappa shape index (κ2) is 6.73. The van der Waals surface area contributed by atoms with E-state index >= 15 is 0 Å². The summed E-state index contributed by atoms with van der Waals surface area (Å²) in [5.74, 6) is -0.181. The molecule has 1 atom stereocenters. The lowest BCUT2D eigenvalue weighted by molar-refractivity contribution is 0.0940. The molecule has 0 unspecified atom stereocenters. The second-order valence-corrected chi connectivity index (χ2v) is 6.55. The number of aromatic nitrogens is 3. The number of pyridine rings is 1. The number of ether oxygens (including phenoxy) is 1. The predicted octanol–water partition coefficient (Wildman–Crippen LogP) is 2.59. The third kappa shape index (κ3) is 3.33. The molecular formula is C18H22N4O2. The highest BCUT2D eigenvalue weighted by molar-refractivity contribution is 6.02. The maximum absolute atomic E-state index is 12.4. The number of carbonyl (C=O) groups excluding carboxylic acids is 1. The molecule has 1 amide bonds. The van der Waals surface area contributed by atoms with Crippen LogP contribution in [-0.2, 0) is 24.1 Å². The second-order valence-electron chi connectivity index (χ2n) is 6.55. The van der Waals surface area contributed by atoms with Crippen LogP contribution in [0.25, 0.3) is 0 Å². The van der Waals surface area contributed by atoms with Crippen LogP contribution in [0.2, 0.25) is 0 Å². The van der Waals surface area contributed by atoms with E-state index in [-0.39, 0.29) is 12.0 Å². The molecule has 0 saturated carbocycles. The van der Waals surface area contributed by atoms with E-state index in [4.69, 9.17) is 4.74 Å². The highest BCUT2D eigenvalue weighted by Crippen LogP contribution is 2.20. The maximum Gasteiger partial charge on any atom is 0.274 e. The molecule has 1 N–H and O–H groups in total. The molecule has 2 aromatic rings. The number of nitrogens with one attached hydrogen (secondary N) is 1. The fraction of sp³-hybridized carbons (Fsp3) is 0.500. The summed E-state index contributed by atoms with van der Waals surface area (Å²) in [5.41, 5.74) is 3.52. The van der Waals surface area contributed by atoms with Crippen LogP contribution >= 0.6 is 0 Å². The number of amides is 1. The van der Waals surface area contributed by atoms with Crippen LogP contribution < -0.4 is 5.32 Å². The van der Waals surface area contributed by atoms with Gasteiger partial charge in [0.2, 0.25) is 0 Å². The van der Waals surface area contributed by atoms with Crippen molar-refractivity contribution in [2.45, 2.75) is 51.2 Å². The van der Waals surface area contributed by atoms with E-state index in [0.29, 0.717) is 11.4 Å². The van der Waals surface area contributed by atoms with E-state index in [2.05, 4.69) is 15.4 Å². The number of rotatable bonds is 4. The summed E-state index contributed by atoms with van der Waals surface area (Å²) in [7, 11) is 0. The summed E-state index contributed by atoms with van der Waals surface area (Å²) < 4.78 is 7.44. The lowest BCUT2D eigenvalue weighted by Crippen LogP contribution is -2.16. The summed E-state index contributed by atoms with van der Waals surface area (Å²) in [6.07, 6.45) is 10.3. The molecule has 0 aromatic carbocycles. The largest absolute Gasteiger partial charge is 0.376 e. The van der Waals surface area contributed by atoms with Crippen LogP contribution in [0.4, 0.5) is 5.69 Å². The lowest BCUT2D eigenvalue weighted by atomic mass is 9.96. The molecule has 1 fully saturated rings. The van der Waals surface area contributed by atoms with Gasteiger partial charge in [-0.05, 0) is 50.2 Å². The Kier molecular flexibility index (Phi) is 4.30. The van der Waals surface area contributed by atoms with Crippen LogP contribution in [0.15, 0.2) is 24.5 Å². The first kappa shape index (κ1) is 15.3. The van der Waals surface area contributed by atoms with Gasteiger partial charge in [-0.25, -0.2) is 4.98 Å². The minimum atomic E-state index is -0.181. The summed E-state index contributed by atoms with van der Waals surface area (Å²) in [6.45, 7) is 1.56. The van der Waals surface area contributed by atoms with Gasteiger partial charge in [-0.2, -0.15) is 5.10 Å². The molecule has 0 radical (unpaired) electrons. The van der Waals surface area contributed by atoms with Crippen LogP contribution in [0.1, 0.15) is 47.4 Å². The maximum atomic E-state index is 12.4. The van der Waals surface area contributed by atoms with Crippen molar-refractivity contribution in [3.8, 4) is 0 Å². The van der Waals surface area contributed by atoms with E-state index < -0.39 is 0 Å². The van der Waals surface area contributed by atoms with Crippen LogP contribution in [-0.4, -0.2) is 33.4 Å². The van der Waals surface area contributed by atoms with Gasteiger partial charge < -0.3 is 10.1 Å². The minimum absolute atomic E-state index is 0.181. The van der Waals surface area contributed by atoms with E-state index in [1.807, 2.05) is 23.0 Å². The molecule has 24 heavy (non-hydrogen) atoms. The topological polar surface area (TPSA) is 69.0 Å². The first-order chi connectivity index (χ1) is 11.8. The van der Waals surface area contributed by atoms with Crippen molar-refractivity contribution in [3.05, 3.63) is 41.5 Å². The average molecular weight is 326 g/mol. The number of nitrogens with zero attached hydrogens (tertiary/aromatic N) is 3. The molecule has 126 valence electrons. The standard InChI is InChI=1S/C18H22N4O2/c23-18(17-8-7-13-4-1-2-6-16(13)21-17)20-14-10-19-22(11-14)12-15-5-3-9-24-15/h7-8,10-11,15H,1-6,9,12H2,(H,20,23)/t15-/m1/s1. The fourth-order valence-corrected chi connectivity index (χ4v) is 3.43. The zero-order valence-corrected chi connectivity index (χ0v) is 13.7. The summed E-state index contributed by atoms with van der Waals surface area (Å²) in [4.78, 5) is 17.0. The van der Waals surface area contributed by atoms with Crippen molar-refractivity contribution in [1.29, 1.82) is 0 Å². The number of anilines is 1. The number of fused-ring (bicyclic) bond motifs is 1. The van der Waals surface area contributed by atoms with Crippen molar-refractivity contribution < 1.29 is 9.53 Å². The molecule has 6 nitrogen and oxygen atoms in total. The molecule has 4 rings (SSSR count). The molecule has 6 heteroatoms. The quantitative estimate of drug-likeness (QED) is 0.937. The number of hydrogen-bond donors (Lipinski definition) is 1. The Morgan fingerprint density at radius 1 is 1.29 bits per heavy atom. The molecule has 2 aliphatic rings. The average Bonchev–Trinajstić information content (AvgIpc) is 3.27. The summed E-state index contributed by atoms with van der Waals surface area (Å²) in [6, 6.07) is 3.85. The summed E-state index contributed by atoms with van der Waals surface area (Å²) in [5, 5.41) is 7.18. The van der Waals surface area contributed by atoms with Crippen molar-refractivity contribution in [3.63, 3.8) is 0 Å².